The van der Waals surface area contributed by atoms with Crippen molar-refractivity contribution in [3.63, 3.8) is 0 Å². The van der Waals surface area contributed by atoms with Crippen LogP contribution in [0.5, 0.6) is 5.75 Å². The third-order valence-corrected chi connectivity index (χ3v) is 5.68. The molecule has 1 aromatic carbocycles. The number of nitrogens with one attached hydrogen (secondary N) is 1. The number of ether oxygens (including phenoxy) is 1. The zero-order chi connectivity index (χ0) is 22.5. The number of aromatic amines is 1. The summed E-state index contributed by atoms with van der Waals surface area (Å²) in [5.41, 5.74) is 6.84. The molecule has 0 fully saturated rings. The second-order valence-electron chi connectivity index (χ2n) is 6.62. The molecule has 160 valence electrons. The Morgan fingerprint density at radius 2 is 1.94 bits per heavy atom. The fourth-order valence-electron chi connectivity index (χ4n) is 2.95. The van der Waals surface area contributed by atoms with Gasteiger partial charge in [-0.3, -0.25) is 9.32 Å². The van der Waals surface area contributed by atoms with E-state index >= 15 is 0 Å². The van der Waals surface area contributed by atoms with Crippen molar-refractivity contribution >= 4 is 33.0 Å². The van der Waals surface area contributed by atoms with Crippen molar-refractivity contribution in [3.8, 4) is 11.4 Å². The Bertz CT molecular complexity index is 1370. The van der Waals surface area contributed by atoms with Gasteiger partial charge in [0.25, 0.3) is 5.78 Å². The second-order valence-corrected chi connectivity index (χ2v) is 7.62. The van der Waals surface area contributed by atoms with Crippen LogP contribution in [0.2, 0.25) is 0 Å². The highest BCUT2D eigenvalue weighted by atomic mass is 32.1. The molecule has 0 aliphatic rings. The fourth-order valence-corrected chi connectivity index (χ4v) is 4.01. The Hall–Kier alpha value is -3.67. The van der Waals surface area contributed by atoms with Crippen LogP contribution in [-0.4, -0.2) is 22.4 Å². The molecule has 8 nitrogen and oxygen atoms in total. The molecule has 3 heterocycles. The third kappa shape index (κ3) is 3.77. The number of halogens is 3. The van der Waals surface area contributed by atoms with E-state index in [1.54, 1.807) is 0 Å². The topological polar surface area (TPSA) is 115 Å². The average Bonchev–Trinajstić information content (AvgIpc) is 3.22. The number of carbonyl (C=O) groups is 1. The number of nitrogen functional groups attached to an aromatic ring is 1. The van der Waals surface area contributed by atoms with Gasteiger partial charge in [0.15, 0.2) is 0 Å². The number of rotatable bonds is 4. The lowest BCUT2D eigenvalue weighted by Gasteiger charge is -2.07. The number of aromatic nitrogens is 3. The number of hydrogen-bond donors (Lipinski definition) is 2. The van der Waals surface area contributed by atoms with Crippen molar-refractivity contribution in [1.29, 1.82) is 0 Å². The maximum atomic E-state index is 13.2. The first-order valence-electron chi connectivity index (χ1n) is 8.76. The number of H-pyrrole nitrogens is 1. The van der Waals surface area contributed by atoms with E-state index < -0.39 is 29.2 Å². The van der Waals surface area contributed by atoms with Gasteiger partial charge in [0, 0.05) is 23.2 Å². The number of nitrogens with zero attached hydrogens (tertiary/aromatic N) is 2. The second kappa shape index (κ2) is 7.23. The molecular weight excluding hydrogens is 437 g/mol. The number of benzene rings is 1. The van der Waals surface area contributed by atoms with Crippen molar-refractivity contribution in [1.82, 2.24) is 10.3 Å². The van der Waals surface area contributed by atoms with E-state index in [0.717, 1.165) is 39.4 Å². The van der Waals surface area contributed by atoms with Crippen LogP contribution in [-0.2, 0) is 0 Å². The summed E-state index contributed by atoms with van der Waals surface area (Å²) in [7, 11) is 0. The quantitative estimate of drug-likeness (QED) is 0.364. The van der Waals surface area contributed by atoms with Crippen molar-refractivity contribution in [3.05, 3.63) is 62.6 Å². The largest absolute Gasteiger partial charge is 0.573 e. The van der Waals surface area contributed by atoms with Gasteiger partial charge in [0.2, 0.25) is 5.69 Å². The molecule has 0 aliphatic heterocycles. The molecule has 4 rings (SSSR count). The minimum Gasteiger partial charge on any atom is -0.406 e. The highest BCUT2D eigenvalue weighted by molar-refractivity contribution is 7.21. The molecule has 0 spiro atoms. The van der Waals surface area contributed by atoms with Crippen LogP contribution in [0.1, 0.15) is 26.6 Å². The molecule has 31 heavy (non-hydrogen) atoms. The molecule has 0 atom stereocenters. The predicted octanol–water partition coefficient (Wildman–Crippen LogP) is 3.18. The molecule has 12 heteroatoms. The molecule has 0 saturated carbocycles. The maximum absolute atomic E-state index is 13.2. The van der Waals surface area contributed by atoms with Crippen molar-refractivity contribution in [2.24, 2.45) is 0 Å². The van der Waals surface area contributed by atoms with E-state index in [1.165, 1.54) is 12.1 Å². The number of ketones is 1. The smallest absolute Gasteiger partial charge is 0.406 e. The maximum Gasteiger partial charge on any atom is 0.573 e. The summed E-state index contributed by atoms with van der Waals surface area (Å²) in [5.74, 6) is -1.16. The number of anilines is 1. The summed E-state index contributed by atoms with van der Waals surface area (Å²) in [6.45, 7) is 3.69. The summed E-state index contributed by atoms with van der Waals surface area (Å²) in [6, 6.07) is 6.35. The molecule has 3 aromatic heterocycles. The Morgan fingerprint density at radius 3 is 2.58 bits per heavy atom. The van der Waals surface area contributed by atoms with Gasteiger partial charge < -0.3 is 10.5 Å². The highest BCUT2D eigenvalue weighted by Crippen LogP contribution is 2.34. The van der Waals surface area contributed by atoms with Gasteiger partial charge in [-0.25, -0.2) is 9.78 Å². The number of pyridine rings is 1. The van der Waals surface area contributed by atoms with E-state index in [2.05, 4.69) is 15.0 Å². The fraction of sp³-hybridized carbons (Fsp3) is 0.158. The summed E-state index contributed by atoms with van der Waals surface area (Å²) < 4.78 is 46.7. The average molecular weight is 451 g/mol. The normalized spacial score (nSPS) is 11.8. The van der Waals surface area contributed by atoms with Crippen LogP contribution < -0.4 is 20.8 Å². The van der Waals surface area contributed by atoms with E-state index in [4.69, 9.17) is 10.3 Å². The minimum absolute atomic E-state index is 0.102. The van der Waals surface area contributed by atoms with Crippen LogP contribution in [0.15, 0.2) is 39.6 Å². The molecule has 3 N–H and O–H groups in total. The van der Waals surface area contributed by atoms with Crippen molar-refractivity contribution in [2.75, 3.05) is 5.73 Å². The lowest BCUT2D eigenvalue weighted by atomic mass is 10.1. The van der Waals surface area contributed by atoms with Crippen LogP contribution >= 0.6 is 11.3 Å². The van der Waals surface area contributed by atoms with Crippen LogP contribution in [0, 0.1) is 13.8 Å². The van der Waals surface area contributed by atoms with Crippen LogP contribution in [0.4, 0.5) is 18.9 Å². The lowest BCUT2D eigenvalue weighted by Crippen LogP contribution is -2.41. The zero-order valence-electron chi connectivity index (χ0n) is 16.0. The summed E-state index contributed by atoms with van der Waals surface area (Å²) in [4.78, 5) is 30.5. The van der Waals surface area contributed by atoms with Crippen LogP contribution in [0.25, 0.3) is 15.9 Å². The number of carbonyl (C=O) groups excluding carboxylic acids is 1. The summed E-state index contributed by atoms with van der Waals surface area (Å²) >= 11 is 1.04. The van der Waals surface area contributed by atoms with Gasteiger partial charge in [0.1, 0.15) is 15.5 Å². The first-order chi connectivity index (χ1) is 14.5. The number of alkyl halides is 3. The Balaban J connectivity index is 1.76. The molecule has 4 aromatic rings. The van der Waals surface area contributed by atoms with E-state index in [9.17, 15) is 22.8 Å². The zero-order valence-corrected chi connectivity index (χ0v) is 16.9. The molecule has 0 saturated heterocycles. The summed E-state index contributed by atoms with van der Waals surface area (Å²) in [6.07, 6.45) is -4.84. The highest BCUT2D eigenvalue weighted by Gasteiger charge is 2.35. The number of aryl methyl sites for hydroxylation is 2. The van der Waals surface area contributed by atoms with Gasteiger partial charge in [-0.15, -0.1) is 24.5 Å². The molecule has 0 bridgehead atoms. The summed E-state index contributed by atoms with van der Waals surface area (Å²) in [5, 5.41) is 2.87. The van der Waals surface area contributed by atoms with Gasteiger partial charge in [-0.1, -0.05) is 0 Å². The predicted molar refractivity (Wildman–Crippen MR) is 104 cm³/mol. The van der Waals surface area contributed by atoms with E-state index in [0.29, 0.717) is 10.2 Å². The molecule has 0 radical (unpaired) electrons. The van der Waals surface area contributed by atoms with E-state index in [1.807, 2.05) is 19.9 Å². The molecule has 0 unspecified atom stereocenters. The first kappa shape index (κ1) is 20.6. The first-order valence-corrected chi connectivity index (χ1v) is 9.57. The lowest BCUT2D eigenvalue weighted by molar-refractivity contribution is -0.672. The Morgan fingerprint density at radius 1 is 1.26 bits per heavy atom. The van der Waals surface area contributed by atoms with Gasteiger partial charge in [0.05, 0.1) is 5.69 Å². The van der Waals surface area contributed by atoms with Crippen LogP contribution in [0.3, 0.4) is 0 Å². The number of nitrogens with two attached hydrogens (primary N) is 1. The molecule has 0 amide bonds. The number of thiophene rings is 1. The Kier molecular flexibility index (Phi) is 4.81. The van der Waals surface area contributed by atoms with Crippen molar-refractivity contribution < 1.29 is 31.9 Å². The van der Waals surface area contributed by atoms with Crippen molar-refractivity contribution in [2.45, 2.75) is 20.2 Å². The van der Waals surface area contributed by atoms with E-state index in [-0.39, 0.29) is 16.3 Å². The minimum atomic E-state index is -4.84. The van der Waals surface area contributed by atoms with Gasteiger partial charge in [-0.05, 0) is 47.6 Å². The monoisotopic (exact) mass is 451 g/mol. The standard InChI is InChI=1S/C19H13F3N4O4S/c1-8-7-12-13(23)16(31-17(12)24-9(8)2)15(27)14-18(28)30-25-26(14)10-3-5-11(6-4-10)29-19(20,21)22/h3-7H,1-2H3,(H2-,23,25,27,28)/p+1. The SMILES string of the molecule is Cc1cc2c(N)c(C(=O)c3c(=O)o[nH][n+]3-c3ccc(OC(F)(F)F)cc3)sc2nc1C. The molecular formula is C19H14F3N4O4S+. The Labute approximate surface area is 175 Å². The van der Waals surface area contributed by atoms with Gasteiger partial charge in [-0.2, -0.15) is 0 Å². The van der Waals surface area contributed by atoms with Gasteiger partial charge >= 0.3 is 17.7 Å². The molecule has 0 aliphatic carbocycles. The third-order valence-electron chi connectivity index (χ3n) is 4.56. The number of fused-ring (bicyclic) bond motifs is 1. The number of hydrogen-bond acceptors (Lipinski definition) is 7.